The largest absolute Gasteiger partial charge is 0.386 e. The van der Waals surface area contributed by atoms with Crippen LogP contribution in [0.4, 0.5) is 15.8 Å². The van der Waals surface area contributed by atoms with Crippen LogP contribution in [0, 0.1) is 11.2 Å². The van der Waals surface area contributed by atoms with Gasteiger partial charge >= 0.3 is 0 Å². The number of hydrogen-bond acceptors (Lipinski definition) is 3. The summed E-state index contributed by atoms with van der Waals surface area (Å²) in [6.45, 7) is 2.21. The van der Waals surface area contributed by atoms with Gasteiger partial charge in [0.2, 0.25) is 5.62 Å². The molecule has 0 radical (unpaired) electrons. The van der Waals surface area contributed by atoms with E-state index in [1.165, 1.54) is 6.07 Å². The fraction of sp³-hybridized carbons (Fsp3) is 0.250. The normalized spacial score (nSPS) is 14.7. The molecule has 3 heterocycles. The van der Waals surface area contributed by atoms with Gasteiger partial charge in [-0.25, -0.2) is 4.39 Å². The monoisotopic (exact) mass is 502 g/mol. The molecular weight excluding hydrogens is 475 g/mol. The molecule has 0 amide bonds. The Kier molecular flexibility index (Phi) is 5.72. The molecule has 0 aliphatic carbocycles. The predicted molar refractivity (Wildman–Crippen MR) is 145 cm³/mol. The average molecular weight is 503 g/mol. The topological polar surface area (TPSA) is 64.8 Å². The molecule has 1 aliphatic heterocycles. The molecule has 1 aliphatic rings. The molecule has 0 saturated carbocycles. The number of aromatic nitrogens is 3. The molecule has 0 unspecified atom stereocenters. The van der Waals surface area contributed by atoms with E-state index in [-0.39, 0.29) is 11.9 Å². The van der Waals surface area contributed by atoms with Crippen molar-refractivity contribution in [3.63, 3.8) is 0 Å². The Morgan fingerprint density at radius 1 is 1.06 bits per heavy atom. The maximum atomic E-state index is 14.4. The Labute approximate surface area is 213 Å². The second kappa shape index (κ2) is 9.06. The zero-order chi connectivity index (χ0) is 24.8. The van der Waals surface area contributed by atoms with Gasteiger partial charge in [0.1, 0.15) is 5.82 Å². The van der Waals surface area contributed by atoms with Crippen LogP contribution >= 0.6 is 11.6 Å². The minimum absolute atomic E-state index is 0.111. The van der Waals surface area contributed by atoms with Gasteiger partial charge in [-0.15, -0.1) is 0 Å². The van der Waals surface area contributed by atoms with Crippen LogP contribution in [0.5, 0.6) is 0 Å². The molecule has 8 heteroatoms. The number of nitrogens with zero attached hydrogens (tertiary/aromatic N) is 3. The number of rotatable bonds is 5. The Hall–Kier alpha value is -3.71. The molecule has 1 fully saturated rings. The highest BCUT2D eigenvalue weighted by Crippen LogP contribution is 2.34. The van der Waals surface area contributed by atoms with Crippen molar-refractivity contribution in [1.82, 2.24) is 14.1 Å². The summed E-state index contributed by atoms with van der Waals surface area (Å²) in [6.07, 6.45) is 3.65. The molecule has 1 saturated heterocycles. The molecule has 3 aromatic carbocycles. The SMILES string of the molecule is CNc1ccc(Cl)cc1N1CCC(n2c(=N)n(Cc3cccc4[nH]ccc34)c3ccc(F)cc32)CC1. The summed E-state index contributed by atoms with van der Waals surface area (Å²) in [7, 11) is 1.92. The highest BCUT2D eigenvalue weighted by atomic mass is 35.5. The van der Waals surface area contributed by atoms with Crippen molar-refractivity contribution >= 4 is 44.9 Å². The number of nitrogens with one attached hydrogen (secondary N) is 3. The number of anilines is 2. The van der Waals surface area contributed by atoms with Crippen molar-refractivity contribution in [2.45, 2.75) is 25.4 Å². The van der Waals surface area contributed by atoms with Crippen LogP contribution in [-0.4, -0.2) is 34.3 Å². The molecule has 36 heavy (non-hydrogen) atoms. The van der Waals surface area contributed by atoms with Crippen LogP contribution in [0.1, 0.15) is 24.4 Å². The van der Waals surface area contributed by atoms with Gasteiger partial charge in [0, 0.05) is 48.3 Å². The summed E-state index contributed by atoms with van der Waals surface area (Å²) in [5, 5.41) is 14.3. The van der Waals surface area contributed by atoms with Gasteiger partial charge < -0.3 is 24.3 Å². The number of imidazole rings is 1. The first kappa shape index (κ1) is 22.7. The molecule has 0 bridgehead atoms. The number of hydrogen-bond donors (Lipinski definition) is 3. The quantitative estimate of drug-likeness (QED) is 0.271. The average Bonchev–Trinajstić information content (AvgIpc) is 3.47. The Bertz CT molecular complexity index is 1620. The van der Waals surface area contributed by atoms with Crippen molar-refractivity contribution in [2.75, 3.05) is 30.4 Å². The Morgan fingerprint density at radius 2 is 1.89 bits per heavy atom. The zero-order valence-electron chi connectivity index (χ0n) is 20.1. The van der Waals surface area contributed by atoms with Gasteiger partial charge in [0.25, 0.3) is 0 Å². The van der Waals surface area contributed by atoms with Gasteiger partial charge in [-0.1, -0.05) is 23.7 Å². The highest BCUT2D eigenvalue weighted by Gasteiger charge is 2.26. The standard InChI is InChI=1S/C28H28ClFN6/c1-32-24-7-5-19(29)15-26(24)34-13-10-21(11-14-34)36-27-16-20(30)6-8-25(27)35(28(36)31)17-18-3-2-4-23-22(18)9-12-33-23/h2-9,12,15-16,21,31-33H,10-11,13-14,17H2,1H3. The second-order valence-electron chi connectivity index (χ2n) is 9.40. The predicted octanol–water partition coefficient (Wildman–Crippen LogP) is 6.13. The number of H-pyrrole nitrogens is 1. The highest BCUT2D eigenvalue weighted by molar-refractivity contribution is 6.31. The molecule has 6 nitrogen and oxygen atoms in total. The van der Waals surface area contributed by atoms with Crippen LogP contribution in [-0.2, 0) is 6.54 Å². The third kappa shape index (κ3) is 3.84. The molecule has 6 rings (SSSR count). The zero-order valence-corrected chi connectivity index (χ0v) is 20.8. The summed E-state index contributed by atoms with van der Waals surface area (Å²) in [5.41, 5.74) is 6.40. The number of halogens is 2. The van der Waals surface area contributed by atoms with E-state index < -0.39 is 0 Å². The summed E-state index contributed by atoms with van der Waals surface area (Å²) < 4.78 is 18.4. The Morgan fingerprint density at radius 3 is 2.69 bits per heavy atom. The van der Waals surface area contributed by atoms with Crippen molar-refractivity contribution in [1.29, 1.82) is 5.41 Å². The summed E-state index contributed by atoms with van der Waals surface area (Å²) in [5.74, 6) is -0.281. The van der Waals surface area contributed by atoms with E-state index in [0.29, 0.717) is 17.2 Å². The lowest BCUT2D eigenvalue weighted by atomic mass is 10.0. The van der Waals surface area contributed by atoms with E-state index in [0.717, 1.165) is 64.8 Å². The molecule has 0 spiro atoms. The van der Waals surface area contributed by atoms with E-state index in [9.17, 15) is 4.39 Å². The van der Waals surface area contributed by atoms with Crippen LogP contribution in [0.15, 0.2) is 66.9 Å². The van der Waals surface area contributed by atoms with E-state index in [1.807, 2.05) is 46.6 Å². The summed E-state index contributed by atoms with van der Waals surface area (Å²) >= 11 is 6.29. The maximum Gasteiger partial charge on any atom is 0.203 e. The van der Waals surface area contributed by atoms with Gasteiger partial charge in [0.05, 0.1) is 29.0 Å². The smallest absolute Gasteiger partial charge is 0.203 e. The fourth-order valence-corrected chi connectivity index (χ4v) is 5.77. The van der Waals surface area contributed by atoms with Gasteiger partial charge in [-0.3, -0.25) is 5.41 Å². The molecule has 3 N–H and O–H groups in total. The van der Waals surface area contributed by atoms with E-state index in [2.05, 4.69) is 33.4 Å². The van der Waals surface area contributed by atoms with Gasteiger partial charge in [0.15, 0.2) is 0 Å². The molecule has 5 aromatic rings. The second-order valence-corrected chi connectivity index (χ2v) is 9.83. The Balaban J connectivity index is 1.36. The fourth-order valence-electron chi connectivity index (χ4n) is 5.61. The lowest BCUT2D eigenvalue weighted by Gasteiger charge is -2.35. The van der Waals surface area contributed by atoms with Crippen molar-refractivity contribution in [3.05, 3.63) is 88.9 Å². The minimum Gasteiger partial charge on any atom is -0.386 e. The van der Waals surface area contributed by atoms with Crippen molar-refractivity contribution in [2.24, 2.45) is 0 Å². The molecular formula is C28H28ClFN6. The lowest BCUT2D eigenvalue weighted by molar-refractivity contribution is 0.386. The first-order valence-electron chi connectivity index (χ1n) is 12.3. The molecule has 0 atom stereocenters. The molecule has 2 aromatic heterocycles. The van der Waals surface area contributed by atoms with Crippen molar-refractivity contribution < 1.29 is 4.39 Å². The number of fused-ring (bicyclic) bond motifs is 2. The third-order valence-corrected chi connectivity index (χ3v) is 7.62. The van der Waals surface area contributed by atoms with Crippen LogP contribution in [0.3, 0.4) is 0 Å². The number of benzene rings is 3. The first-order valence-corrected chi connectivity index (χ1v) is 12.6. The minimum atomic E-state index is -0.281. The summed E-state index contributed by atoms with van der Waals surface area (Å²) in [6, 6.07) is 19.1. The number of piperidine rings is 1. The first-order chi connectivity index (χ1) is 17.5. The van der Waals surface area contributed by atoms with Crippen LogP contribution < -0.4 is 15.8 Å². The van der Waals surface area contributed by atoms with Gasteiger partial charge in [-0.05, 0) is 66.9 Å². The van der Waals surface area contributed by atoms with E-state index >= 15 is 0 Å². The third-order valence-electron chi connectivity index (χ3n) is 7.38. The van der Waals surface area contributed by atoms with Crippen LogP contribution in [0.2, 0.25) is 5.02 Å². The summed E-state index contributed by atoms with van der Waals surface area (Å²) in [4.78, 5) is 5.60. The van der Waals surface area contributed by atoms with E-state index in [1.54, 1.807) is 12.1 Å². The lowest BCUT2D eigenvalue weighted by Crippen LogP contribution is -2.38. The number of aromatic amines is 1. The van der Waals surface area contributed by atoms with Crippen molar-refractivity contribution in [3.8, 4) is 0 Å². The van der Waals surface area contributed by atoms with Gasteiger partial charge in [-0.2, -0.15) is 0 Å². The van der Waals surface area contributed by atoms with Crippen LogP contribution in [0.25, 0.3) is 21.9 Å². The van der Waals surface area contributed by atoms with E-state index in [4.69, 9.17) is 17.0 Å². The molecule has 184 valence electrons. The maximum absolute atomic E-state index is 14.4.